The summed E-state index contributed by atoms with van der Waals surface area (Å²) in [7, 11) is 0. The number of hydrogen-bond acceptors (Lipinski definition) is 5. The van der Waals surface area contributed by atoms with E-state index in [1.54, 1.807) is 6.07 Å². The third-order valence-corrected chi connectivity index (χ3v) is 6.42. The summed E-state index contributed by atoms with van der Waals surface area (Å²) in [6.45, 7) is 4.38. The van der Waals surface area contributed by atoms with Crippen LogP contribution in [0.4, 0.5) is 4.39 Å². The maximum Gasteiger partial charge on any atom is 0.270 e. The van der Waals surface area contributed by atoms with Gasteiger partial charge in [0.2, 0.25) is 5.91 Å². The predicted octanol–water partition coefficient (Wildman–Crippen LogP) is 2.31. The lowest BCUT2D eigenvalue weighted by Crippen LogP contribution is -2.47. The average Bonchev–Trinajstić information content (AvgIpc) is 3.29. The Morgan fingerprint density at radius 2 is 2.00 bits per heavy atom. The summed E-state index contributed by atoms with van der Waals surface area (Å²) in [5.41, 5.74) is 3.59. The van der Waals surface area contributed by atoms with Gasteiger partial charge in [-0.1, -0.05) is 18.2 Å². The largest absolute Gasteiger partial charge is 0.376 e. The van der Waals surface area contributed by atoms with Crippen LogP contribution >= 0.6 is 0 Å². The van der Waals surface area contributed by atoms with Crippen LogP contribution in [0, 0.1) is 11.7 Å². The number of amides is 2. The fraction of sp³-hybridized carbons (Fsp3) is 0.609. The van der Waals surface area contributed by atoms with Crippen molar-refractivity contribution in [1.29, 1.82) is 0 Å². The summed E-state index contributed by atoms with van der Waals surface area (Å²) in [6, 6.07) is 6.93. The van der Waals surface area contributed by atoms with Crippen molar-refractivity contribution in [2.75, 3.05) is 32.8 Å². The number of nitrogens with zero attached hydrogens (tertiary/aromatic N) is 3. The zero-order valence-corrected chi connectivity index (χ0v) is 17.9. The molecule has 0 spiro atoms. The van der Waals surface area contributed by atoms with Crippen molar-refractivity contribution in [3.05, 3.63) is 35.6 Å². The molecule has 1 aromatic carbocycles. The van der Waals surface area contributed by atoms with E-state index in [1.165, 1.54) is 6.07 Å². The molecular weight excluding hydrogens is 399 g/mol. The highest BCUT2D eigenvalue weighted by atomic mass is 19.1. The van der Waals surface area contributed by atoms with Gasteiger partial charge in [-0.3, -0.25) is 14.5 Å². The molecule has 7 nitrogen and oxygen atoms in total. The molecule has 0 aliphatic carbocycles. The minimum absolute atomic E-state index is 0.0730. The number of ether oxygens (including phenoxy) is 1. The van der Waals surface area contributed by atoms with Gasteiger partial charge in [0, 0.05) is 44.6 Å². The molecule has 2 amide bonds. The molecule has 1 atom stereocenters. The van der Waals surface area contributed by atoms with Crippen molar-refractivity contribution in [2.24, 2.45) is 11.0 Å². The molecule has 1 N–H and O–H groups in total. The number of carbonyl (C=O) groups is 2. The van der Waals surface area contributed by atoms with Crippen LogP contribution in [-0.4, -0.2) is 66.2 Å². The molecule has 168 valence electrons. The first-order chi connectivity index (χ1) is 15.1. The Labute approximate surface area is 182 Å². The van der Waals surface area contributed by atoms with Gasteiger partial charge in [-0.2, -0.15) is 5.10 Å². The standard InChI is InChI=1S/C23H31FN4O3/c24-20-6-2-1-4-18(20)15-27-11-9-17(10-12-27)14-28(16-19-5-3-13-31-19)23(30)21-7-8-22(29)26-25-21/h1-2,4,6,17,19H,3,5,7-16H2,(H,26,29)/t19-/m1/s1. The maximum absolute atomic E-state index is 14.0. The summed E-state index contributed by atoms with van der Waals surface area (Å²) < 4.78 is 19.7. The van der Waals surface area contributed by atoms with E-state index in [4.69, 9.17) is 4.74 Å². The number of benzene rings is 1. The predicted molar refractivity (Wildman–Crippen MR) is 115 cm³/mol. The molecule has 4 rings (SSSR count). The van der Waals surface area contributed by atoms with Gasteiger partial charge in [0.25, 0.3) is 5.91 Å². The maximum atomic E-state index is 14.0. The van der Waals surface area contributed by atoms with Crippen molar-refractivity contribution < 1.29 is 18.7 Å². The molecule has 2 fully saturated rings. The van der Waals surface area contributed by atoms with Crippen molar-refractivity contribution >= 4 is 17.5 Å². The van der Waals surface area contributed by atoms with E-state index in [1.807, 2.05) is 17.0 Å². The number of hydrogen-bond donors (Lipinski definition) is 1. The molecular formula is C23H31FN4O3. The highest BCUT2D eigenvalue weighted by molar-refractivity contribution is 6.39. The zero-order chi connectivity index (χ0) is 21.6. The molecule has 3 aliphatic rings. The van der Waals surface area contributed by atoms with Gasteiger partial charge in [-0.15, -0.1) is 0 Å². The van der Waals surface area contributed by atoms with E-state index in [-0.39, 0.29) is 23.7 Å². The Balaban J connectivity index is 1.34. The van der Waals surface area contributed by atoms with Gasteiger partial charge in [0.1, 0.15) is 11.5 Å². The van der Waals surface area contributed by atoms with Crippen molar-refractivity contribution in [2.45, 2.75) is 51.2 Å². The third kappa shape index (κ3) is 5.89. The van der Waals surface area contributed by atoms with Crippen molar-refractivity contribution in [1.82, 2.24) is 15.2 Å². The fourth-order valence-corrected chi connectivity index (χ4v) is 4.59. The summed E-state index contributed by atoms with van der Waals surface area (Å²) in [6.07, 6.45) is 4.68. The highest BCUT2D eigenvalue weighted by Gasteiger charge is 2.30. The molecule has 0 radical (unpaired) electrons. The van der Waals surface area contributed by atoms with Crippen LogP contribution in [0.5, 0.6) is 0 Å². The first-order valence-electron chi connectivity index (χ1n) is 11.3. The number of halogens is 1. The molecule has 0 aromatic heterocycles. The Kier molecular flexibility index (Phi) is 7.29. The lowest BCUT2D eigenvalue weighted by atomic mass is 9.95. The Morgan fingerprint density at radius 3 is 2.68 bits per heavy atom. The van der Waals surface area contributed by atoms with E-state index in [0.29, 0.717) is 44.1 Å². The number of piperidine rings is 1. The molecule has 31 heavy (non-hydrogen) atoms. The summed E-state index contributed by atoms with van der Waals surface area (Å²) >= 11 is 0. The lowest BCUT2D eigenvalue weighted by molar-refractivity contribution is -0.127. The number of nitrogens with one attached hydrogen (secondary N) is 1. The topological polar surface area (TPSA) is 74.2 Å². The second-order valence-corrected chi connectivity index (χ2v) is 8.75. The van der Waals surface area contributed by atoms with E-state index >= 15 is 0 Å². The van der Waals surface area contributed by atoms with E-state index in [9.17, 15) is 14.0 Å². The number of carbonyl (C=O) groups excluding carboxylic acids is 2. The second-order valence-electron chi connectivity index (χ2n) is 8.75. The summed E-state index contributed by atoms with van der Waals surface area (Å²) in [5, 5.41) is 4.01. The first-order valence-corrected chi connectivity index (χ1v) is 11.3. The van der Waals surface area contributed by atoms with Gasteiger partial charge < -0.3 is 9.64 Å². The molecule has 8 heteroatoms. The number of likely N-dealkylation sites (tertiary alicyclic amines) is 1. The number of hydrazone groups is 1. The molecule has 0 bridgehead atoms. The average molecular weight is 431 g/mol. The summed E-state index contributed by atoms with van der Waals surface area (Å²) in [5.74, 6) is -0.00644. The third-order valence-electron chi connectivity index (χ3n) is 6.42. The van der Waals surface area contributed by atoms with Gasteiger partial charge in [-0.05, 0) is 50.8 Å². The van der Waals surface area contributed by atoms with Crippen LogP contribution in [0.3, 0.4) is 0 Å². The van der Waals surface area contributed by atoms with Gasteiger partial charge in [0.15, 0.2) is 0 Å². The van der Waals surface area contributed by atoms with Gasteiger partial charge >= 0.3 is 0 Å². The van der Waals surface area contributed by atoms with E-state index < -0.39 is 0 Å². The fourth-order valence-electron chi connectivity index (χ4n) is 4.59. The highest BCUT2D eigenvalue weighted by Crippen LogP contribution is 2.23. The van der Waals surface area contributed by atoms with Crippen LogP contribution < -0.4 is 5.43 Å². The summed E-state index contributed by atoms with van der Waals surface area (Å²) in [4.78, 5) is 28.7. The smallest absolute Gasteiger partial charge is 0.270 e. The second kappa shape index (κ2) is 10.3. The van der Waals surface area contributed by atoms with Crippen LogP contribution in [0.2, 0.25) is 0 Å². The van der Waals surface area contributed by atoms with Crippen molar-refractivity contribution in [3.63, 3.8) is 0 Å². The minimum Gasteiger partial charge on any atom is -0.376 e. The molecule has 3 aliphatic heterocycles. The van der Waals surface area contributed by atoms with Gasteiger partial charge in [-0.25, -0.2) is 9.82 Å². The van der Waals surface area contributed by atoms with Crippen LogP contribution in [-0.2, 0) is 20.9 Å². The number of rotatable bonds is 7. The zero-order valence-electron chi connectivity index (χ0n) is 17.9. The molecule has 3 heterocycles. The first kappa shape index (κ1) is 21.9. The van der Waals surface area contributed by atoms with Crippen molar-refractivity contribution in [3.8, 4) is 0 Å². The van der Waals surface area contributed by atoms with E-state index in [2.05, 4.69) is 15.4 Å². The Morgan fingerprint density at radius 1 is 1.19 bits per heavy atom. The van der Waals surface area contributed by atoms with Gasteiger partial charge in [0.05, 0.1) is 6.10 Å². The van der Waals surface area contributed by atoms with Crippen LogP contribution in [0.25, 0.3) is 0 Å². The van der Waals surface area contributed by atoms with Crippen LogP contribution in [0.1, 0.15) is 44.1 Å². The molecule has 0 unspecified atom stereocenters. The normalized spacial score (nSPS) is 22.8. The molecule has 0 saturated carbocycles. The monoisotopic (exact) mass is 430 g/mol. The molecule has 2 saturated heterocycles. The van der Waals surface area contributed by atoms with E-state index in [0.717, 1.165) is 50.9 Å². The minimum atomic E-state index is -0.154. The Bertz CT molecular complexity index is 817. The van der Waals surface area contributed by atoms with Crippen LogP contribution in [0.15, 0.2) is 29.4 Å². The quantitative estimate of drug-likeness (QED) is 0.721. The molecule has 1 aromatic rings. The Hall–Kier alpha value is -2.32. The SMILES string of the molecule is O=C1CCC(C(=O)N(CC2CCN(Cc3ccccc3F)CC2)C[C@H]2CCCO2)=NN1. The lowest BCUT2D eigenvalue weighted by Gasteiger charge is -2.36.